The molecule has 7 heteroatoms. The van der Waals surface area contributed by atoms with Gasteiger partial charge in [-0.3, -0.25) is 4.79 Å². The van der Waals surface area contributed by atoms with Crippen molar-refractivity contribution in [3.8, 4) is 0 Å². The molecule has 108 valence electrons. The first kappa shape index (κ1) is 15.0. The molecule has 20 heavy (non-hydrogen) atoms. The molecule has 0 aromatic carbocycles. The van der Waals surface area contributed by atoms with Gasteiger partial charge in [0.1, 0.15) is 4.90 Å². The zero-order valence-electron chi connectivity index (χ0n) is 11.5. The lowest BCUT2D eigenvalue weighted by molar-refractivity contribution is 0.402. The largest absolute Gasteiger partial charge is 0.366 e. The zero-order chi connectivity index (χ0) is 14.9. The van der Waals surface area contributed by atoms with E-state index in [-0.39, 0.29) is 10.9 Å². The molecule has 0 aliphatic carbocycles. The molecular weight excluding hydrogens is 296 g/mol. The van der Waals surface area contributed by atoms with Crippen LogP contribution in [0.5, 0.6) is 0 Å². The minimum Gasteiger partial charge on any atom is -0.366 e. The quantitative estimate of drug-likeness (QED) is 0.940. The van der Waals surface area contributed by atoms with Crippen LogP contribution < -0.4 is 5.43 Å². The van der Waals surface area contributed by atoms with Gasteiger partial charge in [-0.15, -0.1) is 11.3 Å². The van der Waals surface area contributed by atoms with E-state index in [1.54, 1.807) is 18.3 Å². The second-order valence-corrected chi connectivity index (χ2v) is 7.80. The molecule has 2 heterocycles. The number of nitrogens with zero attached hydrogens (tertiary/aromatic N) is 1. The topological polar surface area (TPSA) is 70.2 Å². The Morgan fingerprint density at radius 2 is 2.00 bits per heavy atom. The third-order valence-electron chi connectivity index (χ3n) is 3.16. The summed E-state index contributed by atoms with van der Waals surface area (Å²) in [5, 5.41) is 0. The van der Waals surface area contributed by atoms with E-state index >= 15 is 0 Å². The van der Waals surface area contributed by atoms with Crippen molar-refractivity contribution in [2.45, 2.75) is 24.8 Å². The van der Waals surface area contributed by atoms with Crippen LogP contribution in [0.25, 0.3) is 0 Å². The highest BCUT2D eigenvalue weighted by Gasteiger charge is 2.28. The molecule has 0 aliphatic rings. The molecule has 1 unspecified atom stereocenters. The lowest BCUT2D eigenvalue weighted by Crippen LogP contribution is -2.32. The highest BCUT2D eigenvalue weighted by Crippen LogP contribution is 2.29. The molecule has 0 saturated heterocycles. The van der Waals surface area contributed by atoms with E-state index < -0.39 is 15.5 Å². The Bertz CT molecular complexity index is 762. The number of nitrogens with one attached hydrogen (secondary N) is 1. The van der Waals surface area contributed by atoms with Crippen LogP contribution in [0.1, 0.15) is 22.7 Å². The van der Waals surface area contributed by atoms with Gasteiger partial charge in [0, 0.05) is 35.3 Å². The molecule has 0 amide bonds. The first-order valence-electron chi connectivity index (χ1n) is 6.05. The van der Waals surface area contributed by atoms with Crippen molar-refractivity contribution < 1.29 is 8.42 Å². The maximum absolute atomic E-state index is 12.5. The summed E-state index contributed by atoms with van der Waals surface area (Å²) in [5.74, 6) is 0. The number of aromatic nitrogens is 1. The Morgan fingerprint density at radius 1 is 1.30 bits per heavy atom. The summed E-state index contributed by atoms with van der Waals surface area (Å²) in [4.78, 5) is 16.2. The van der Waals surface area contributed by atoms with E-state index in [2.05, 4.69) is 4.98 Å². The minimum absolute atomic E-state index is 0.234. The van der Waals surface area contributed by atoms with Crippen LogP contribution in [-0.4, -0.2) is 24.8 Å². The number of sulfonamides is 1. The number of hydrogen-bond donors (Lipinski definition) is 1. The Labute approximate surface area is 121 Å². The summed E-state index contributed by atoms with van der Waals surface area (Å²) in [5.41, 5.74) is -0.509. The maximum atomic E-state index is 12.5. The van der Waals surface area contributed by atoms with Crippen molar-refractivity contribution in [1.29, 1.82) is 0 Å². The molecule has 1 atom stereocenters. The normalized spacial score (nSPS) is 13.6. The molecule has 0 spiro atoms. The number of aryl methyl sites for hydroxylation is 1. The van der Waals surface area contributed by atoms with Crippen LogP contribution in [0.2, 0.25) is 0 Å². The number of hydrogen-bond acceptors (Lipinski definition) is 4. The van der Waals surface area contributed by atoms with Crippen molar-refractivity contribution in [3.05, 3.63) is 50.6 Å². The Hall–Kier alpha value is -1.44. The van der Waals surface area contributed by atoms with Gasteiger partial charge in [-0.1, -0.05) is 0 Å². The molecule has 0 saturated carbocycles. The van der Waals surface area contributed by atoms with Crippen molar-refractivity contribution in [1.82, 2.24) is 9.29 Å². The van der Waals surface area contributed by atoms with Gasteiger partial charge in [-0.05, 0) is 26.0 Å². The monoisotopic (exact) mass is 312 g/mol. The summed E-state index contributed by atoms with van der Waals surface area (Å²) in [7, 11) is -2.32. The van der Waals surface area contributed by atoms with Crippen molar-refractivity contribution >= 4 is 21.4 Å². The molecule has 0 radical (unpaired) electrons. The first-order chi connectivity index (χ1) is 9.34. The van der Waals surface area contributed by atoms with Gasteiger partial charge < -0.3 is 4.98 Å². The summed E-state index contributed by atoms with van der Waals surface area (Å²) < 4.78 is 26.2. The van der Waals surface area contributed by atoms with E-state index in [9.17, 15) is 13.2 Å². The fourth-order valence-corrected chi connectivity index (χ4v) is 4.24. The van der Waals surface area contributed by atoms with E-state index in [0.29, 0.717) is 0 Å². The Balaban J connectivity index is 2.40. The fraction of sp³-hybridized carbons (Fsp3) is 0.308. The van der Waals surface area contributed by atoms with E-state index in [1.165, 1.54) is 29.8 Å². The number of thiophene rings is 1. The third kappa shape index (κ3) is 2.70. The van der Waals surface area contributed by atoms with Crippen molar-refractivity contribution in [2.75, 3.05) is 7.05 Å². The van der Waals surface area contributed by atoms with Gasteiger partial charge in [-0.25, -0.2) is 8.42 Å². The summed E-state index contributed by atoms with van der Waals surface area (Å²) in [6.45, 7) is 3.78. The third-order valence-corrected chi connectivity index (χ3v) is 6.28. The minimum atomic E-state index is -3.81. The second kappa shape index (κ2) is 5.51. The molecular formula is C13H16N2O3S2. The Kier molecular flexibility index (Phi) is 4.12. The van der Waals surface area contributed by atoms with Gasteiger partial charge in [0.25, 0.3) is 0 Å². The molecule has 2 aromatic rings. The molecule has 0 fully saturated rings. The van der Waals surface area contributed by atoms with Crippen LogP contribution >= 0.6 is 11.3 Å². The average Bonchev–Trinajstić information content (AvgIpc) is 2.84. The lowest BCUT2D eigenvalue weighted by atomic mass is 10.3. The van der Waals surface area contributed by atoms with Gasteiger partial charge in [0.05, 0.1) is 6.04 Å². The fourth-order valence-electron chi connectivity index (χ4n) is 1.82. The van der Waals surface area contributed by atoms with Crippen LogP contribution in [0.3, 0.4) is 0 Å². The van der Waals surface area contributed by atoms with Crippen LogP contribution in [0.15, 0.2) is 40.3 Å². The number of H-pyrrole nitrogens is 1. The van der Waals surface area contributed by atoms with E-state index in [1.807, 2.05) is 19.1 Å². The van der Waals surface area contributed by atoms with Crippen molar-refractivity contribution in [2.24, 2.45) is 0 Å². The van der Waals surface area contributed by atoms with Crippen LogP contribution in [0, 0.1) is 6.92 Å². The molecule has 0 bridgehead atoms. The zero-order valence-corrected chi connectivity index (χ0v) is 13.1. The predicted octanol–water partition coefficient (Wildman–Crippen LogP) is 2.13. The molecule has 0 aliphatic heterocycles. The molecule has 2 aromatic heterocycles. The first-order valence-corrected chi connectivity index (χ1v) is 8.31. The summed E-state index contributed by atoms with van der Waals surface area (Å²) >= 11 is 1.55. The number of pyridine rings is 1. The highest BCUT2D eigenvalue weighted by molar-refractivity contribution is 7.89. The lowest BCUT2D eigenvalue weighted by Gasteiger charge is -2.23. The maximum Gasteiger partial charge on any atom is 0.248 e. The Morgan fingerprint density at radius 3 is 2.55 bits per heavy atom. The average molecular weight is 312 g/mol. The van der Waals surface area contributed by atoms with E-state index in [0.717, 1.165) is 9.75 Å². The van der Waals surface area contributed by atoms with E-state index in [4.69, 9.17) is 0 Å². The highest BCUT2D eigenvalue weighted by atomic mass is 32.2. The van der Waals surface area contributed by atoms with Crippen LogP contribution in [-0.2, 0) is 10.0 Å². The SMILES string of the molecule is Cc1ccc(C(C)N(C)S(=O)(=O)c2c[nH]ccc2=O)s1. The van der Waals surface area contributed by atoms with Crippen molar-refractivity contribution in [3.63, 3.8) is 0 Å². The standard InChI is InChI=1S/C13H16N2O3S2/c1-9-4-5-12(19-9)10(2)15(3)20(17,18)13-8-14-7-6-11(13)16/h4-8,10H,1-3H3,(H,14,16). The molecule has 1 N–H and O–H groups in total. The number of rotatable bonds is 4. The van der Waals surface area contributed by atoms with Crippen LogP contribution in [0.4, 0.5) is 0 Å². The number of aromatic amines is 1. The smallest absolute Gasteiger partial charge is 0.248 e. The molecule has 2 rings (SSSR count). The molecule has 5 nitrogen and oxygen atoms in total. The van der Waals surface area contributed by atoms with Gasteiger partial charge in [0.15, 0.2) is 0 Å². The van der Waals surface area contributed by atoms with Gasteiger partial charge in [0.2, 0.25) is 15.5 Å². The second-order valence-electron chi connectivity index (χ2n) is 4.52. The summed E-state index contributed by atoms with van der Waals surface area (Å²) in [6, 6.07) is 4.75. The van der Waals surface area contributed by atoms with Gasteiger partial charge >= 0.3 is 0 Å². The summed E-state index contributed by atoms with van der Waals surface area (Å²) in [6.07, 6.45) is 2.63. The van der Waals surface area contributed by atoms with Gasteiger partial charge in [-0.2, -0.15) is 4.31 Å². The predicted molar refractivity (Wildman–Crippen MR) is 79.5 cm³/mol.